The lowest BCUT2D eigenvalue weighted by atomic mass is 10.0. The van der Waals surface area contributed by atoms with Crippen molar-refractivity contribution in [3.05, 3.63) is 95.6 Å². The highest BCUT2D eigenvalue weighted by molar-refractivity contribution is 7.89. The lowest BCUT2D eigenvalue weighted by molar-refractivity contribution is -0.138. The SMILES string of the molecule is CC(=O)ONc1ccc(S(=O)(=O)N(CC(C)C)C[C@@H](O)[C@H](Cc2ccccc2)NC(=O)CCCN2C(=O)c3ccccc3C2=O)cc1. The van der Waals surface area contributed by atoms with Crippen molar-refractivity contribution in [2.24, 2.45) is 5.92 Å². The van der Waals surface area contributed by atoms with Crippen LogP contribution in [0.4, 0.5) is 5.69 Å². The van der Waals surface area contributed by atoms with Gasteiger partial charge in [-0.2, -0.15) is 4.31 Å². The zero-order valence-corrected chi connectivity index (χ0v) is 27.4. The van der Waals surface area contributed by atoms with Crippen LogP contribution in [-0.4, -0.2) is 78.2 Å². The molecular weight excluding hydrogens is 624 g/mol. The number of anilines is 1. The molecule has 0 saturated heterocycles. The molecule has 1 aliphatic heterocycles. The van der Waals surface area contributed by atoms with Crippen molar-refractivity contribution in [3.63, 3.8) is 0 Å². The molecule has 2 atom stereocenters. The summed E-state index contributed by atoms with van der Waals surface area (Å²) >= 11 is 0. The summed E-state index contributed by atoms with van der Waals surface area (Å²) in [4.78, 5) is 55.4. The van der Waals surface area contributed by atoms with Gasteiger partial charge in [0.1, 0.15) is 0 Å². The molecule has 1 aliphatic rings. The number of nitrogens with zero attached hydrogens (tertiary/aromatic N) is 2. The van der Waals surface area contributed by atoms with E-state index in [1.807, 2.05) is 44.2 Å². The minimum Gasteiger partial charge on any atom is -0.390 e. The van der Waals surface area contributed by atoms with E-state index in [4.69, 9.17) is 4.84 Å². The Balaban J connectivity index is 1.45. The number of hydrogen-bond donors (Lipinski definition) is 3. The van der Waals surface area contributed by atoms with Crippen molar-refractivity contribution >= 4 is 39.4 Å². The van der Waals surface area contributed by atoms with Gasteiger partial charge in [-0.05, 0) is 60.7 Å². The minimum absolute atomic E-state index is 0.0180. The lowest BCUT2D eigenvalue weighted by Crippen LogP contribution is -2.51. The smallest absolute Gasteiger partial charge is 0.329 e. The number of benzene rings is 3. The van der Waals surface area contributed by atoms with Crippen LogP contribution in [0.25, 0.3) is 0 Å². The zero-order chi connectivity index (χ0) is 34.1. The van der Waals surface area contributed by atoms with Crippen molar-refractivity contribution in [3.8, 4) is 0 Å². The van der Waals surface area contributed by atoms with Crippen molar-refractivity contribution < 1.29 is 37.5 Å². The van der Waals surface area contributed by atoms with Crippen LogP contribution in [0, 0.1) is 5.92 Å². The second kappa shape index (κ2) is 15.8. The first-order valence-corrected chi connectivity index (χ1v) is 16.8. The van der Waals surface area contributed by atoms with Gasteiger partial charge in [0, 0.05) is 33.0 Å². The fraction of sp³-hybridized carbons (Fsp3) is 0.353. The summed E-state index contributed by atoms with van der Waals surface area (Å²) in [5.74, 6) is -1.84. The number of imide groups is 1. The van der Waals surface area contributed by atoms with E-state index in [1.54, 1.807) is 24.3 Å². The van der Waals surface area contributed by atoms with E-state index >= 15 is 0 Å². The Labute approximate surface area is 274 Å². The van der Waals surface area contributed by atoms with E-state index in [0.717, 1.165) is 10.5 Å². The molecular formula is C34H40N4O8S. The summed E-state index contributed by atoms with van der Waals surface area (Å²) in [6.07, 6.45) is -0.860. The molecule has 0 fully saturated rings. The number of carbonyl (C=O) groups excluding carboxylic acids is 4. The quantitative estimate of drug-likeness (QED) is 0.154. The number of sulfonamides is 1. The van der Waals surface area contributed by atoms with E-state index in [1.165, 1.54) is 35.5 Å². The molecule has 3 amide bonds. The van der Waals surface area contributed by atoms with E-state index in [2.05, 4.69) is 10.8 Å². The van der Waals surface area contributed by atoms with Gasteiger partial charge in [-0.15, -0.1) is 0 Å². The van der Waals surface area contributed by atoms with Crippen molar-refractivity contribution in [2.75, 3.05) is 25.1 Å². The van der Waals surface area contributed by atoms with Crippen LogP contribution in [0.3, 0.4) is 0 Å². The normalized spacial score (nSPS) is 14.2. The van der Waals surface area contributed by atoms with Gasteiger partial charge in [0.05, 0.1) is 33.9 Å². The molecule has 13 heteroatoms. The van der Waals surface area contributed by atoms with E-state index in [-0.39, 0.29) is 49.7 Å². The number of amides is 3. The molecule has 12 nitrogen and oxygen atoms in total. The Morgan fingerprint density at radius 2 is 1.49 bits per heavy atom. The van der Waals surface area contributed by atoms with Crippen LogP contribution in [-0.2, 0) is 30.9 Å². The summed E-state index contributed by atoms with van der Waals surface area (Å²) in [7, 11) is -4.08. The van der Waals surface area contributed by atoms with E-state index in [9.17, 15) is 32.7 Å². The number of fused-ring (bicyclic) bond motifs is 1. The van der Waals surface area contributed by atoms with Gasteiger partial charge in [0.25, 0.3) is 11.8 Å². The largest absolute Gasteiger partial charge is 0.390 e. The highest BCUT2D eigenvalue weighted by atomic mass is 32.2. The van der Waals surface area contributed by atoms with Gasteiger partial charge in [-0.1, -0.05) is 56.3 Å². The van der Waals surface area contributed by atoms with Crippen molar-refractivity contribution in [1.82, 2.24) is 14.5 Å². The molecule has 4 rings (SSSR count). The maximum absolute atomic E-state index is 13.7. The second-order valence-corrected chi connectivity index (χ2v) is 13.7. The Morgan fingerprint density at radius 3 is 2.06 bits per heavy atom. The Morgan fingerprint density at radius 1 is 0.894 bits per heavy atom. The van der Waals surface area contributed by atoms with Gasteiger partial charge >= 0.3 is 5.97 Å². The van der Waals surface area contributed by atoms with Gasteiger partial charge in [-0.3, -0.25) is 24.1 Å². The average molecular weight is 665 g/mol. The van der Waals surface area contributed by atoms with Gasteiger partial charge in [0.15, 0.2) is 0 Å². The van der Waals surface area contributed by atoms with Crippen LogP contribution >= 0.6 is 0 Å². The average Bonchev–Trinajstić information content (AvgIpc) is 3.28. The number of nitrogens with one attached hydrogen (secondary N) is 2. The Hall–Kier alpha value is -4.59. The monoisotopic (exact) mass is 664 g/mol. The maximum Gasteiger partial charge on any atom is 0.329 e. The highest BCUT2D eigenvalue weighted by Crippen LogP contribution is 2.23. The molecule has 47 heavy (non-hydrogen) atoms. The predicted octanol–water partition coefficient (Wildman–Crippen LogP) is 3.39. The molecule has 3 aromatic carbocycles. The third-order valence-electron chi connectivity index (χ3n) is 7.54. The van der Waals surface area contributed by atoms with Crippen LogP contribution in [0.2, 0.25) is 0 Å². The molecule has 0 radical (unpaired) electrons. The van der Waals surface area contributed by atoms with Crippen LogP contribution in [0.5, 0.6) is 0 Å². The number of carbonyl (C=O) groups is 4. The topological polar surface area (TPSA) is 162 Å². The Bertz CT molecular complexity index is 1640. The maximum atomic E-state index is 13.7. The molecule has 1 heterocycles. The van der Waals surface area contributed by atoms with Crippen LogP contribution in [0.1, 0.15) is 59.9 Å². The third kappa shape index (κ3) is 9.24. The summed E-state index contributed by atoms with van der Waals surface area (Å²) in [6, 6.07) is 20.6. The number of aliphatic hydroxyl groups excluding tert-OH is 1. The summed E-state index contributed by atoms with van der Waals surface area (Å²) in [5, 5.41) is 14.3. The minimum atomic E-state index is -4.08. The van der Waals surface area contributed by atoms with E-state index in [0.29, 0.717) is 16.8 Å². The van der Waals surface area contributed by atoms with Crippen LogP contribution < -0.4 is 10.8 Å². The van der Waals surface area contributed by atoms with Crippen molar-refractivity contribution in [1.29, 1.82) is 0 Å². The third-order valence-corrected chi connectivity index (χ3v) is 9.38. The summed E-state index contributed by atoms with van der Waals surface area (Å²) < 4.78 is 28.7. The van der Waals surface area contributed by atoms with Crippen molar-refractivity contribution in [2.45, 2.75) is 57.1 Å². The number of aliphatic hydroxyl groups is 1. The summed E-state index contributed by atoms with van der Waals surface area (Å²) in [5.41, 5.74) is 4.32. The summed E-state index contributed by atoms with van der Waals surface area (Å²) in [6.45, 7) is 4.82. The van der Waals surface area contributed by atoms with Gasteiger partial charge < -0.3 is 15.3 Å². The molecule has 0 aliphatic carbocycles. The van der Waals surface area contributed by atoms with Crippen LogP contribution in [0.15, 0.2) is 83.8 Å². The van der Waals surface area contributed by atoms with E-state index < -0.39 is 45.9 Å². The molecule has 3 aromatic rings. The second-order valence-electron chi connectivity index (χ2n) is 11.8. The first kappa shape index (κ1) is 35.3. The lowest BCUT2D eigenvalue weighted by Gasteiger charge is -2.31. The zero-order valence-electron chi connectivity index (χ0n) is 26.6. The molecule has 0 aromatic heterocycles. The predicted molar refractivity (Wildman–Crippen MR) is 175 cm³/mol. The highest BCUT2D eigenvalue weighted by Gasteiger charge is 2.35. The Kier molecular flexibility index (Phi) is 11.9. The fourth-order valence-corrected chi connectivity index (χ4v) is 6.88. The van der Waals surface area contributed by atoms with Gasteiger partial charge in [-0.25, -0.2) is 13.9 Å². The first-order valence-electron chi connectivity index (χ1n) is 15.4. The number of hydrogen-bond acceptors (Lipinski definition) is 9. The number of rotatable bonds is 16. The molecule has 0 bridgehead atoms. The standard InChI is InChI=1S/C34H40N4O8S/c1-23(2)21-37(47(44,45)27-17-15-26(16-18-27)36-46-24(3)39)22-31(40)30(20-25-10-5-4-6-11-25)35-32(41)14-9-19-38-33(42)28-12-7-8-13-29(28)34(38)43/h4-8,10-13,15-18,23,30-31,36,40H,9,14,19-22H2,1-3H3,(H,35,41)/t30-,31+/m0/s1. The van der Waals surface area contributed by atoms with Gasteiger partial charge in [0.2, 0.25) is 15.9 Å². The first-order chi connectivity index (χ1) is 22.4. The fourth-order valence-electron chi connectivity index (χ4n) is 5.26. The molecule has 0 saturated carbocycles. The molecule has 0 unspecified atom stereocenters. The molecule has 3 N–H and O–H groups in total. The molecule has 0 spiro atoms. The molecule has 250 valence electrons.